The van der Waals surface area contributed by atoms with Crippen LogP contribution >= 0.6 is 24.0 Å². The number of aliphatic imine (C=N–C) groups is 1. The van der Waals surface area contributed by atoms with Crippen LogP contribution in [-0.4, -0.2) is 47.2 Å². The van der Waals surface area contributed by atoms with Crippen LogP contribution in [0.3, 0.4) is 0 Å². The van der Waals surface area contributed by atoms with Gasteiger partial charge in [0.05, 0.1) is 13.2 Å². The quantitative estimate of drug-likeness (QED) is 0.420. The van der Waals surface area contributed by atoms with Crippen molar-refractivity contribution >= 4 is 29.9 Å². The van der Waals surface area contributed by atoms with E-state index >= 15 is 0 Å². The predicted molar refractivity (Wildman–Crippen MR) is 111 cm³/mol. The smallest absolute Gasteiger partial charge is 0.248 e. The number of hydrogen-bond donors (Lipinski definition) is 1. The van der Waals surface area contributed by atoms with E-state index in [0.717, 1.165) is 25.6 Å². The highest BCUT2D eigenvalue weighted by Gasteiger charge is 2.25. The number of aryl methyl sites for hydroxylation is 2. The van der Waals surface area contributed by atoms with Crippen molar-refractivity contribution in [2.24, 2.45) is 4.99 Å². The van der Waals surface area contributed by atoms with Crippen molar-refractivity contribution in [1.82, 2.24) is 20.4 Å². The molecule has 1 unspecified atom stereocenters. The number of rotatable bonds is 4. The number of guanidine groups is 1. The molecule has 1 N–H and O–H groups in total. The van der Waals surface area contributed by atoms with Crippen molar-refractivity contribution in [2.75, 3.05) is 26.2 Å². The first kappa shape index (κ1) is 20.6. The van der Waals surface area contributed by atoms with Gasteiger partial charge >= 0.3 is 0 Å². The van der Waals surface area contributed by atoms with Gasteiger partial charge in [0, 0.05) is 13.1 Å². The highest BCUT2D eigenvalue weighted by atomic mass is 127. The normalized spacial score (nSPS) is 17.7. The first-order valence-corrected chi connectivity index (χ1v) is 8.67. The van der Waals surface area contributed by atoms with Crippen LogP contribution in [0.15, 0.2) is 33.8 Å². The second-order valence-corrected chi connectivity index (χ2v) is 6.07. The van der Waals surface area contributed by atoms with Gasteiger partial charge in [0.1, 0.15) is 12.6 Å². The molecule has 1 atom stereocenters. The summed E-state index contributed by atoms with van der Waals surface area (Å²) in [5.74, 6) is 2.00. The standard InChI is InChI=1S/C18H25N5O2.HI/c1-4-19-18(20-11-17-21-14(3)22-25-17)23-9-10-24-16(12-23)15-8-6-5-7-13(15)2;/h5-8,16H,4,9-12H2,1-3H3,(H,19,20);1H. The van der Waals surface area contributed by atoms with Gasteiger partial charge in [0.25, 0.3) is 0 Å². The maximum Gasteiger partial charge on any atom is 0.248 e. The molecule has 3 rings (SSSR count). The molecule has 2 aromatic rings. The van der Waals surface area contributed by atoms with Crippen LogP contribution in [0.4, 0.5) is 0 Å². The van der Waals surface area contributed by atoms with Crippen molar-refractivity contribution in [1.29, 1.82) is 0 Å². The molecule has 2 heterocycles. The van der Waals surface area contributed by atoms with Crippen LogP contribution < -0.4 is 5.32 Å². The van der Waals surface area contributed by atoms with Gasteiger partial charge in [-0.1, -0.05) is 29.4 Å². The zero-order chi connectivity index (χ0) is 17.6. The van der Waals surface area contributed by atoms with E-state index in [2.05, 4.69) is 63.5 Å². The second-order valence-electron chi connectivity index (χ2n) is 6.07. The lowest BCUT2D eigenvalue weighted by Gasteiger charge is -2.35. The minimum absolute atomic E-state index is 0. The van der Waals surface area contributed by atoms with Crippen LogP contribution in [0.5, 0.6) is 0 Å². The molecular formula is C18H26IN5O2. The summed E-state index contributed by atoms with van der Waals surface area (Å²) in [5, 5.41) is 7.15. The topological polar surface area (TPSA) is 75.8 Å². The van der Waals surface area contributed by atoms with E-state index in [1.54, 1.807) is 6.92 Å². The average Bonchev–Trinajstić information content (AvgIpc) is 3.04. The van der Waals surface area contributed by atoms with Crippen molar-refractivity contribution in [3.8, 4) is 0 Å². The Hall–Kier alpha value is -1.68. The predicted octanol–water partition coefficient (Wildman–Crippen LogP) is 2.84. The van der Waals surface area contributed by atoms with E-state index in [0.29, 0.717) is 24.9 Å². The molecule has 0 amide bonds. The number of nitrogens with one attached hydrogen (secondary N) is 1. The lowest BCUT2D eigenvalue weighted by atomic mass is 10.0. The van der Waals surface area contributed by atoms with Gasteiger partial charge < -0.3 is 19.5 Å². The first-order chi connectivity index (χ1) is 12.2. The van der Waals surface area contributed by atoms with Gasteiger partial charge in [-0.05, 0) is 31.9 Å². The number of halogens is 1. The van der Waals surface area contributed by atoms with Gasteiger partial charge in [0.15, 0.2) is 11.8 Å². The van der Waals surface area contributed by atoms with Gasteiger partial charge in [-0.15, -0.1) is 24.0 Å². The zero-order valence-electron chi connectivity index (χ0n) is 15.4. The summed E-state index contributed by atoms with van der Waals surface area (Å²) in [6, 6.07) is 8.36. The molecule has 8 heteroatoms. The number of nitrogens with zero attached hydrogens (tertiary/aromatic N) is 4. The fourth-order valence-corrected chi connectivity index (χ4v) is 2.95. The van der Waals surface area contributed by atoms with Crippen LogP contribution in [0, 0.1) is 13.8 Å². The fraction of sp³-hybridized carbons (Fsp3) is 0.500. The van der Waals surface area contributed by atoms with E-state index in [4.69, 9.17) is 9.26 Å². The molecule has 0 radical (unpaired) electrons. The van der Waals surface area contributed by atoms with E-state index in [1.165, 1.54) is 11.1 Å². The molecule has 142 valence electrons. The van der Waals surface area contributed by atoms with Crippen molar-refractivity contribution in [2.45, 2.75) is 33.4 Å². The molecule has 7 nitrogen and oxygen atoms in total. The van der Waals surface area contributed by atoms with Crippen molar-refractivity contribution in [3.63, 3.8) is 0 Å². The Balaban J connectivity index is 0.00000243. The van der Waals surface area contributed by atoms with Crippen LogP contribution in [0.25, 0.3) is 0 Å². The molecule has 1 saturated heterocycles. The SMILES string of the molecule is CCNC(=NCc1nc(C)no1)N1CCOC(c2ccccc2C)C1.I. The molecule has 1 aliphatic rings. The van der Waals surface area contributed by atoms with E-state index in [9.17, 15) is 0 Å². The largest absolute Gasteiger partial charge is 0.370 e. The molecule has 0 spiro atoms. The lowest BCUT2D eigenvalue weighted by Crippen LogP contribution is -2.48. The van der Waals surface area contributed by atoms with Crippen LogP contribution in [0.1, 0.15) is 35.9 Å². The average molecular weight is 471 g/mol. The third-order valence-corrected chi connectivity index (χ3v) is 4.17. The van der Waals surface area contributed by atoms with E-state index in [1.807, 2.05) is 0 Å². The summed E-state index contributed by atoms with van der Waals surface area (Å²) in [6.45, 7) is 9.39. The first-order valence-electron chi connectivity index (χ1n) is 8.67. The molecule has 26 heavy (non-hydrogen) atoms. The molecule has 0 aliphatic carbocycles. The second kappa shape index (κ2) is 9.86. The Morgan fingerprint density at radius 1 is 1.35 bits per heavy atom. The minimum atomic E-state index is 0. The minimum Gasteiger partial charge on any atom is -0.370 e. The van der Waals surface area contributed by atoms with E-state index < -0.39 is 0 Å². The molecule has 0 saturated carbocycles. The number of ether oxygens (including phenoxy) is 1. The number of morpholine rings is 1. The third-order valence-electron chi connectivity index (χ3n) is 4.17. The zero-order valence-corrected chi connectivity index (χ0v) is 17.8. The maximum absolute atomic E-state index is 6.00. The Morgan fingerprint density at radius 2 is 2.15 bits per heavy atom. The summed E-state index contributed by atoms with van der Waals surface area (Å²) in [4.78, 5) is 11.1. The van der Waals surface area contributed by atoms with Gasteiger partial charge in [-0.2, -0.15) is 4.98 Å². The monoisotopic (exact) mass is 471 g/mol. The molecule has 1 aromatic heterocycles. The Labute approximate surface area is 171 Å². The molecule has 1 fully saturated rings. The Morgan fingerprint density at radius 3 is 2.85 bits per heavy atom. The highest BCUT2D eigenvalue weighted by molar-refractivity contribution is 14.0. The summed E-state index contributed by atoms with van der Waals surface area (Å²) in [6.07, 6.45) is 0.0458. The van der Waals surface area contributed by atoms with Gasteiger partial charge in [-0.3, -0.25) is 0 Å². The third kappa shape index (κ3) is 5.16. The lowest BCUT2D eigenvalue weighted by molar-refractivity contribution is -0.00835. The van der Waals surface area contributed by atoms with Crippen molar-refractivity contribution < 1.29 is 9.26 Å². The molecular weight excluding hydrogens is 445 g/mol. The van der Waals surface area contributed by atoms with E-state index in [-0.39, 0.29) is 30.1 Å². The maximum atomic E-state index is 6.00. The molecule has 1 aromatic carbocycles. The number of benzene rings is 1. The summed E-state index contributed by atoms with van der Waals surface area (Å²) in [5.41, 5.74) is 2.48. The van der Waals surface area contributed by atoms with Gasteiger partial charge in [-0.25, -0.2) is 4.99 Å². The van der Waals surface area contributed by atoms with Crippen LogP contribution in [-0.2, 0) is 11.3 Å². The Bertz CT molecular complexity index is 734. The van der Waals surface area contributed by atoms with Crippen LogP contribution in [0.2, 0.25) is 0 Å². The highest BCUT2D eigenvalue weighted by Crippen LogP contribution is 2.25. The van der Waals surface area contributed by atoms with Crippen molar-refractivity contribution in [3.05, 3.63) is 47.1 Å². The fourth-order valence-electron chi connectivity index (χ4n) is 2.95. The molecule has 0 bridgehead atoms. The summed E-state index contributed by atoms with van der Waals surface area (Å²) >= 11 is 0. The molecule has 1 aliphatic heterocycles. The number of hydrogen-bond acceptors (Lipinski definition) is 5. The van der Waals surface area contributed by atoms with Gasteiger partial charge in [0.2, 0.25) is 5.89 Å². The summed E-state index contributed by atoms with van der Waals surface area (Å²) in [7, 11) is 0. The Kier molecular flexibility index (Phi) is 7.83. The summed E-state index contributed by atoms with van der Waals surface area (Å²) < 4.78 is 11.2. The number of aromatic nitrogens is 2.